The summed E-state index contributed by atoms with van der Waals surface area (Å²) in [6, 6.07) is 7.57. The summed E-state index contributed by atoms with van der Waals surface area (Å²) in [4.78, 5) is 5.08. The van der Waals surface area contributed by atoms with Crippen molar-refractivity contribution in [1.82, 2.24) is 5.32 Å². The second-order valence-electron chi connectivity index (χ2n) is 7.57. The topological polar surface area (TPSA) is 33.6 Å². The molecular weight excluding hydrogens is 392 g/mol. The van der Waals surface area contributed by atoms with Crippen LogP contribution < -0.4 is 10.1 Å². The Morgan fingerprint density at radius 1 is 1.23 bits per heavy atom. The summed E-state index contributed by atoms with van der Waals surface area (Å²) in [6.45, 7) is 11.0. The number of benzene rings is 1. The van der Waals surface area contributed by atoms with Gasteiger partial charge in [0.1, 0.15) is 18.2 Å². The molecule has 0 saturated heterocycles. The molecule has 0 radical (unpaired) electrons. The zero-order chi connectivity index (χ0) is 22.0. The molecule has 0 unspecified atom stereocenters. The van der Waals surface area contributed by atoms with Crippen LogP contribution in [0.3, 0.4) is 0 Å². The van der Waals surface area contributed by atoms with E-state index in [4.69, 9.17) is 21.3 Å². The Kier molecular flexibility index (Phi) is 9.45. The van der Waals surface area contributed by atoms with Crippen LogP contribution in [-0.4, -0.2) is 24.0 Å². The summed E-state index contributed by atoms with van der Waals surface area (Å²) in [7, 11) is 0. The third-order valence-corrected chi connectivity index (χ3v) is 5.84. The van der Waals surface area contributed by atoms with Crippen molar-refractivity contribution in [3.8, 4) is 5.75 Å². The Bertz CT molecular complexity index is 850. The Hall–Kier alpha value is -2.26. The fourth-order valence-electron chi connectivity index (χ4n) is 3.91. The molecule has 3 nitrogen and oxygen atoms in total. The Morgan fingerprint density at radius 3 is 2.63 bits per heavy atom. The van der Waals surface area contributed by atoms with Crippen molar-refractivity contribution >= 4 is 17.4 Å². The van der Waals surface area contributed by atoms with E-state index in [1.54, 1.807) is 0 Å². The molecule has 2 rings (SSSR count). The number of rotatable bonds is 10. The first-order valence-corrected chi connectivity index (χ1v) is 11.2. The van der Waals surface area contributed by atoms with E-state index < -0.39 is 0 Å². The summed E-state index contributed by atoms with van der Waals surface area (Å²) in [5, 5.41) is 4.31. The Morgan fingerprint density at radius 2 is 2.00 bits per heavy atom. The van der Waals surface area contributed by atoms with Crippen molar-refractivity contribution in [1.29, 1.82) is 0 Å². The van der Waals surface area contributed by atoms with E-state index in [-0.39, 0.29) is 11.6 Å². The maximum Gasteiger partial charge on any atom is 0.145 e. The normalized spacial score (nSPS) is 22.6. The second-order valence-corrected chi connectivity index (χ2v) is 7.97. The maximum atomic E-state index is 6.25. The molecule has 1 aliphatic heterocycles. The van der Waals surface area contributed by atoms with Gasteiger partial charge < -0.3 is 10.1 Å². The van der Waals surface area contributed by atoms with Crippen molar-refractivity contribution in [2.45, 2.75) is 65.5 Å². The van der Waals surface area contributed by atoms with Gasteiger partial charge >= 0.3 is 0 Å². The highest BCUT2D eigenvalue weighted by Crippen LogP contribution is 2.36. The van der Waals surface area contributed by atoms with Crippen molar-refractivity contribution < 1.29 is 4.74 Å². The van der Waals surface area contributed by atoms with Crippen LogP contribution in [0.25, 0.3) is 0 Å². The maximum absolute atomic E-state index is 6.25. The lowest BCUT2D eigenvalue weighted by Crippen LogP contribution is -2.50. The van der Waals surface area contributed by atoms with Crippen LogP contribution in [0.15, 0.2) is 76.9 Å². The first-order chi connectivity index (χ1) is 14.5. The van der Waals surface area contributed by atoms with Crippen LogP contribution in [0, 0.1) is 0 Å². The van der Waals surface area contributed by atoms with Crippen LogP contribution >= 0.6 is 11.6 Å². The van der Waals surface area contributed by atoms with Crippen LogP contribution in [0.2, 0.25) is 5.02 Å². The van der Waals surface area contributed by atoms with Gasteiger partial charge in [-0.1, -0.05) is 67.1 Å². The molecule has 0 amide bonds. The Labute approximate surface area is 187 Å². The van der Waals surface area contributed by atoms with Gasteiger partial charge in [0.2, 0.25) is 0 Å². The molecule has 0 bridgehead atoms. The highest BCUT2D eigenvalue weighted by atomic mass is 35.5. The number of para-hydroxylation sites is 1. The number of hydrogen-bond donors (Lipinski definition) is 1. The highest BCUT2D eigenvalue weighted by molar-refractivity contribution is 6.32. The van der Waals surface area contributed by atoms with E-state index in [1.807, 2.05) is 31.2 Å². The first kappa shape index (κ1) is 24.0. The van der Waals surface area contributed by atoms with Gasteiger partial charge in [0, 0.05) is 0 Å². The monoisotopic (exact) mass is 426 g/mol. The molecule has 0 spiro atoms. The van der Waals surface area contributed by atoms with Gasteiger partial charge in [0.05, 0.1) is 16.6 Å². The molecule has 0 fully saturated rings. The van der Waals surface area contributed by atoms with E-state index in [0.717, 1.165) is 25.1 Å². The number of allylic oxidation sites excluding steroid dienone is 6. The summed E-state index contributed by atoms with van der Waals surface area (Å²) in [6.07, 6.45) is 15.9. The molecule has 162 valence electrons. The number of aliphatic imine (C=N–C) groups is 1. The minimum absolute atomic E-state index is 0.0281. The fraction of sp³-hybridized carbons (Fsp3) is 0.423. The predicted molar refractivity (Wildman–Crippen MR) is 131 cm³/mol. The van der Waals surface area contributed by atoms with E-state index in [0.29, 0.717) is 17.4 Å². The molecule has 0 aliphatic carbocycles. The molecule has 1 aliphatic rings. The highest BCUT2D eigenvalue weighted by Gasteiger charge is 2.43. The minimum atomic E-state index is -0.279. The third kappa shape index (κ3) is 5.89. The third-order valence-electron chi connectivity index (χ3n) is 5.53. The number of amidine groups is 1. The van der Waals surface area contributed by atoms with Gasteiger partial charge in [-0.3, -0.25) is 4.99 Å². The van der Waals surface area contributed by atoms with Gasteiger partial charge in [-0.15, -0.1) is 0 Å². The van der Waals surface area contributed by atoms with Gasteiger partial charge in [-0.2, -0.15) is 0 Å². The van der Waals surface area contributed by atoms with E-state index in [2.05, 4.69) is 69.5 Å². The SMILES string of the molecule is C/C=C\C=C(/CC)[C@H]1N=C(COc2ccccc2Cl)N[C@@]1(C)/C(=C/C)CC/C=C\C. The van der Waals surface area contributed by atoms with Gasteiger partial charge in [0.25, 0.3) is 0 Å². The molecule has 1 aromatic carbocycles. The summed E-state index contributed by atoms with van der Waals surface area (Å²) >= 11 is 6.25. The van der Waals surface area contributed by atoms with E-state index >= 15 is 0 Å². The smallest absolute Gasteiger partial charge is 0.145 e. The lowest BCUT2D eigenvalue weighted by Gasteiger charge is -2.35. The summed E-state index contributed by atoms with van der Waals surface area (Å²) in [5.41, 5.74) is 2.39. The number of ether oxygens (including phenoxy) is 1. The quantitative estimate of drug-likeness (QED) is 0.320. The molecule has 30 heavy (non-hydrogen) atoms. The fourth-order valence-corrected chi connectivity index (χ4v) is 4.10. The average molecular weight is 427 g/mol. The zero-order valence-corrected chi connectivity index (χ0v) is 19.7. The molecule has 1 heterocycles. The van der Waals surface area contributed by atoms with Crippen LogP contribution in [0.1, 0.15) is 53.9 Å². The first-order valence-electron chi connectivity index (χ1n) is 10.8. The molecule has 0 aromatic heterocycles. The van der Waals surface area contributed by atoms with E-state index in [9.17, 15) is 0 Å². The summed E-state index contributed by atoms with van der Waals surface area (Å²) < 4.78 is 5.98. The molecule has 2 atom stereocenters. The minimum Gasteiger partial charge on any atom is -0.484 e. The Balaban J connectivity index is 2.32. The van der Waals surface area contributed by atoms with Crippen LogP contribution in [0.4, 0.5) is 0 Å². The number of halogens is 1. The standard InChI is InChI=1S/C26H35ClN2O/c1-6-10-12-16-21(9-4)26(5)25(20(8-3)15-11-7-2)28-24(29-26)19-30-23-18-14-13-17-22(23)27/h6-7,9-11,13-15,17-18,25H,8,12,16,19H2,1-5H3,(H,28,29)/b10-6-,11-7-,20-15+,21-9+/t25-,26+/m1/s1. The van der Waals surface area contributed by atoms with Crippen molar-refractivity contribution in [2.24, 2.45) is 4.99 Å². The van der Waals surface area contributed by atoms with Crippen LogP contribution in [0.5, 0.6) is 5.75 Å². The molecule has 0 saturated carbocycles. The number of nitrogens with zero attached hydrogens (tertiary/aromatic N) is 1. The molecule has 1 aromatic rings. The van der Waals surface area contributed by atoms with Crippen molar-refractivity contribution in [3.05, 3.63) is 76.9 Å². The van der Waals surface area contributed by atoms with Crippen molar-refractivity contribution in [2.75, 3.05) is 6.61 Å². The lowest BCUT2D eigenvalue weighted by atomic mass is 9.78. The average Bonchev–Trinajstić information content (AvgIpc) is 3.08. The van der Waals surface area contributed by atoms with Gasteiger partial charge in [-0.05, 0) is 70.2 Å². The van der Waals surface area contributed by atoms with Crippen molar-refractivity contribution in [3.63, 3.8) is 0 Å². The lowest BCUT2D eigenvalue weighted by molar-refractivity contribution is 0.369. The van der Waals surface area contributed by atoms with Crippen LogP contribution in [-0.2, 0) is 0 Å². The molecular formula is C26H35ClN2O. The largest absolute Gasteiger partial charge is 0.484 e. The molecule has 1 N–H and O–H groups in total. The number of hydrogen-bond acceptors (Lipinski definition) is 3. The summed E-state index contributed by atoms with van der Waals surface area (Å²) in [5.74, 6) is 1.53. The van der Waals surface area contributed by atoms with Gasteiger partial charge in [-0.25, -0.2) is 0 Å². The van der Waals surface area contributed by atoms with E-state index in [1.165, 1.54) is 11.1 Å². The zero-order valence-electron chi connectivity index (χ0n) is 18.9. The predicted octanol–water partition coefficient (Wildman–Crippen LogP) is 7.06. The van der Waals surface area contributed by atoms with Gasteiger partial charge in [0.15, 0.2) is 0 Å². The number of nitrogens with one attached hydrogen (secondary N) is 1. The second kappa shape index (κ2) is 11.8. The molecule has 4 heteroatoms.